The molecule has 0 aliphatic rings. The lowest BCUT2D eigenvalue weighted by molar-refractivity contribution is -0.116. The summed E-state index contributed by atoms with van der Waals surface area (Å²) in [5.41, 5.74) is 2.50. The van der Waals surface area contributed by atoms with Gasteiger partial charge >= 0.3 is 5.97 Å². The Morgan fingerprint density at radius 1 is 0.681 bits per heavy atom. The Labute approximate surface area is 274 Å². The second kappa shape index (κ2) is 15.3. The monoisotopic (exact) mass is 645 g/mol. The van der Waals surface area contributed by atoms with E-state index in [1.165, 1.54) is 66.4 Å². The van der Waals surface area contributed by atoms with Crippen molar-refractivity contribution < 1.29 is 28.7 Å². The lowest BCUT2D eigenvalue weighted by Crippen LogP contribution is -2.30. The van der Waals surface area contributed by atoms with Gasteiger partial charge < -0.3 is 21.1 Å². The minimum Gasteiger partial charge on any atom is -0.478 e. The van der Waals surface area contributed by atoms with Gasteiger partial charge in [0.15, 0.2) is 0 Å². The van der Waals surface area contributed by atoms with E-state index in [1.54, 1.807) is 54.6 Å². The number of carbonyl (C=O) groups excluding carboxylic acids is 3. The van der Waals surface area contributed by atoms with Crippen molar-refractivity contribution in [2.75, 3.05) is 10.6 Å². The Hall–Kier alpha value is -6.00. The fourth-order valence-electron chi connectivity index (χ4n) is 4.45. The van der Waals surface area contributed by atoms with Crippen molar-refractivity contribution in [1.82, 2.24) is 5.32 Å². The molecule has 0 heterocycles. The number of hydrogen-bond donors (Lipinski definition) is 4. The Balaban J connectivity index is 1.36. The standard InChI is InChI=1S/C37H28FN3O5S/c38-28-18-14-24(15-19-28)22-32(41-34(42)26-10-5-2-6-11-26)35(43)40-30-12-7-13-31(23-30)47-33(25-8-3-1-4-9-25)36(44)39-29-20-16-27(17-21-29)37(45)46/h1-23,33H,(H,39,44)(H,40,43)(H,41,42)(H,45,46)/b32-22-. The predicted molar refractivity (Wildman–Crippen MR) is 180 cm³/mol. The Morgan fingerprint density at radius 3 is 2.00 bits per heavy atom. The SMILES string of the molecule is O=C(Nc1cccc(SC(C(=O)Nc2ccc(C(=O)O)cc2)c2ccccc2)c1)/C(=C/c1ccc(F)cc1)NC(=O)c1ccccc1. The minimum atomic E-state index is -1.07. The summed E-state index contributed by atoms with van der Waals surface area (Å²) >= 11 is 1.26. The van der Waals surface area contributed by atoms with Crippen LogP contribution in [-0.2, 0) is 9.59 Å². The molecule has 1 unspecified atom stereocenters. The Morgan fingerprint density at radius 2 is 1.34 bits per heavy atom. The van der Waals surface area contributed by atoms with Crippen molar-refractivity contribution in [3.63, 3.8) is 0 Å². The fourth-order valence-corrected chi connectivity index (χ4v) is 5.54. The van der Waals surface area contributed by atoms with Gasteiger partial charge in [-0.05, 0) is 83.9 Å². The molecule has 0 spiro atoms. The van der Waals surface area contributed by atoms with Crippen molar-refractivity contribution in [1.29, 1.82) is 0 Å². The molecule has 0 aromatic heterocycles. The van der Waals surface area contributed by atoms with Crippen LogP contribution < -0.4 is 16.0 Å². The molecule has 0 aliphatic carbocycles. The summed E-state index contributed by atoms with van der Waals surface area (Å²) in [6.45, 7) is 0. The number of amides is 3. The number of carboxylic acid groups (broad SMARTS) is 1. The number of carbonyl (C=O) groups is 4. The van der Waals surface area contributed by atoms with Crippen LogP contribution in [0.2, 0.25) is 0 Å². The quantitative estimate of drug-likeness (QED) is 0.0876. The second-order valence-corrected chi connectivity index (χ2v) is 11.4. The van der Waals surface area contributed by atoms with E-state index in [0.717, 1.165) is 5.56 Å². The third kappa shape index (κ3) is 9.03. The summed E-state index contributed by atoms with van der Waals surface area (Å²) < 4.78 is 13.5. The lowest BCUT2D eigenvalue weighted by Gasteiger charge is -2.18. The smallest absolute Gasteiger partial charge is 0.335 e. The molecule has 47 heavy (non-hydrogen) atoms. The van der Waals surface area contributed by atoms with Crippen LogP contribution in [0.3, 0.4) is 0 Å². The third-order valence-corrected chi connectivity index (χ3v) is 8.04. The highest BCUT2D eigenvalue weighted by molar-refractivity contribution is 8.00. The van der Waals surface area contributed by atoms with Gasteiger partial charge in [-0.25, -0.2) is 9.18 Å². The Bertz CT molecular complexity index is 1920. The van der Waals surface area contributed by atoms with E-state index in [2.05, 4.69) is 16.0 Å². The van der Waals surface area contributed by atoms with Gasteiger partial charge in [0.1, 0.15) is 16.8 Å². The van der Waals surface area contributed by atoms with Crippen LogP contribution in [0.1, 0.15) is 37.1 Å². The average molecular weight is 646 g/mol. The number of thioether (sulfide) groups is 1. The Kier molecular flexibility index (Phi) is 10.6. The molecule has 10 heteroatoms. The zero-order chi connectivity index (χ0) is 33.2. The molecule has 8 nitrogen and oxygen atoms in total. The van der Waals surface area contributed by atoms with Gasteiger partial charge in [0.05, 0.1) is 5.56 Å². The summed E-state index contributed by atoms with van der Waals surface area (Å²) in [5.74, 6) is -2.93. The number of nitrogens with one attached hydrogen (secondary N) is 3. The van der Waals surface area contributed by atoms with Crippen molar-refractivity contribution >= 4 is 52.9 Å². The van der Waals surface area contributed by atoms with Crippen molar-refractivity contribution in [2.45, 2.75) is 10.1 Å². The molecule has 0 fully saturated rings. The maximum Gasteiger partial charge on any atom is 0.335 e. The zero-order valence-electron chi connectivity index (χ0n) is 24.7. The molecule has 234 valence electrons. The average Bonchev–Trinajstić information content (AvgIpc) is 3.09. The van der Waals surface area contributed by atoms with Crippen LogP contribution >= 0.6 is 11.8 Å². The molecule has 0 aliphatic heterocycles. The van der Waals surface area contributed by atoms with Crippen LogP contribution in [0.4, 0.5) is 15.8 Å². The van der Waals surface area contributed by atoms with E-state index in [9.17, 15) is 28.7 Å². The highest BCUT2D eigenvalue weighted by atomic mass is 32.2. The first-order valence-electron chi connectivity index (χ1n) is 14.4. The zero-order valence-corrected chi connectivity index (χ0v) is 25.5. The molecule has 0 radical (unpaired) electrons. The molecule has 0 bridgehead atoms. The topological polar surface area (TPSA) is 125 Å². The van der Waals surface area contributed by atoms with Crippen LogP contribution in [0.25, 0.3) is 6.08 Å². The van der Waals surface area contributed by atoms with Gasteiger partial charge in [-0.3, -0.25) is 14.4 Å². The molecular weight excluding hydrogens is 617 g/mol. The summed E-state index contributed by atoms with van der Waals surface area (Å²) in [7, 11) is 0. The molecule has 0 saturated carbocycles. The van der Waals surface area contributed by atoms with Gasteiger partial charge in [-0.1, -0.05) is 66.7 Å². The van der Waals surface area contributed by atoms with E-state index >= 15 is 0 Å². The number of benzene rings is 5. The number of aromatic carboxylic acids is 1. The van der Waals surface area contributed by atoms with E-state index in [1.807, 2.05) is 30.3 Å². The van der Waals surface area contributed by atoms with Gasteiger partial charge in [0, 0.05) is 21.8 Å². The van der Waals surface area contributed by atoms with Crippen LogP contribution in [0.15, 0.2) is 144 Å². The van der Waals surface area contributed by atoms with Crippen LogP contribution in [0, 0.1) is 5.82 Å². The second-order valence-electron chi connectivity index (χ2n) is 10.2. The number of hydrogen-bond acceptors (Lipinski definition) is 5. The highest BCUT2D eigenvalue weighted by Gasteiger charge is 2.23. The number of carboxylic acids is 1. The van der Waals surface area contributed by atoms with E-state index in [-0.39, 0.29) is 17.2 Å². The molecular formula is C37H28FN3O5S. The van der Waals surface area contributed by atoms with E-state index < -0.39 is 28.9 Å². The molecule has 5 rings (SSSR count). The van der Waals surface area contributed by atoms with Gasteiger partial charge in [-0.2, -0.15) is 0 Å². The molecule has 4 N–H and O–H groups in total. The van der Waals surface area contributed by atoms with Crippen molar-refractivity contribution in [3.8, 4) is 0 Å². The predicted octanol–water partition coefficient (Wildman–Crippen LogP) is 7.41. The number of halogens is 1. The first kappa shape index (κ1) is 32.4. The molecule has 5 aromatic rings. The van der Waals surface area contributed by atoms with Gasteiger partial charge in [0.2, 0.25) is 5.91 Å². The molecule has 5 aromatic carbocycles. The van der Waals surface area contributed by atoms with Gasteiger partial charge in [0.25, 0.3) is 11.8 Å². The summed E-state index contributed by atoms with van der Waals surface area (Å²) in [4.78, 5) is 51.9. The maximum absolute atomic E-state index is 13.5. The largest absolute Gasteiger partial charge is 0.478 e. The summed E-state index contributed by atoms with van der Waals surface area (Å²) in [6, 6.07) is 35.9. The summed E-state index contributed by atoms with van der Waals surface area (Å²) in [6.07, 6.45) is 1.45. The fraction of sp³-hybridized carbons (Fsp3) is 0.0270. The minimum absolute atomic E-state index is 0.0565. The number of rotatable bonds is 11. The molecule has 0 saturated heterocycles. The van der Waals surface area contributed by atoms with Crippen molar-refractivity contribution in [3.05, 3.63) is 167 Å². The summed E-state index contributed by atoms with van der Waals surface area (Å²) in [5, 5.41) is 16.8. The molecule has 3 amide bonds. The maximum atomic E-state index is 13.5. The van der Waals surface area contributed by atoms with E-state index in [4.69, 9.17) is 0 Å². The highest BCUT2D eigenvalue weighted by Crippen LogP contribution is 2.37. The first-order valence-corrected chi connectivity index (χ1v) is 15.2. The number of anilines is 2. The molecule has 1 atom stereocenters. The first-order chi connectivity index (χ1) is 22.7. The lowest BCUT2D eigenvalue weighted by atomic mass is 10.1. The van der Waals surface area contributed by atoms with Crippen LogP contribution in [-0.4, -0.2) is 28.8 Å². The third-order valence-electron chi connectivity index (χ3n) is 6.80. The van der Waals surface area contributed by atoms with Crippen molar-refractivity contribution in [2.24, 2.45) is 0 Å². The normalized spacial score (nSPS) is 11.6. The van der Waals surface area contributed by atoms with E-state index in [0.29, 0.717) is 27.4 Å². The van der Waals surface area contributed by atoms with Gasteiger partial charge in [-0.15, -0.1) is 11.8 Å². The van der Waals surface area contributed by atoms with Crippen LogP contribution in [0.5, 0.6) is 0 Å².